The minimum atomic E-state index is -3.26. The Labute approximate surface area is 124 Å². The fourth-order valence-electron chi connectivity index (χ4n) is 2.11. The summed E-state index contributed by atoms with van der Waals surface area (Å²) in [4.78, 5) is 12.2. The molecular weight excluding hydrogens is 297 g/mol. The monoisotopic (exact) mass is 317 g/mol. The zero-order chi connectivity index (χ0) is 16.1. The first-order chi connectivity index (χ1) is 9.81. The number of benzene rings is 1. The number of ether oxygens (including phenoxy) is 1. The van der Waals surface area contributed by atoms with Gasteiger partial charge in [-0.05, 0) is 24.1 Å². The molecule has 0 amide bonds. The summed E-state index contributed by atoms with van der Waals surface area (Å²) < 4.78 is 41.2. The second-order valence-corrected chi connectivity index (χ2v) is 7.24. The molecule has 1 aromatic carbocycles. The van der Waals surface area contributed by atoms with E-state index in [1.54, 1.807) is 0 Å². The third-order valence-corrected chi connectivity index (χ3v) is 5.31. The van der Waals surface area contributed by atoms with Crippen molar-refractivity contribution in [1.29, 1.82) is 0 Å². The summed E-state index contributed by atoms with van der Waals surface area (Å²) in [7, 11) is -2.05. The van der Waals surface area contributed by atoms with E-state index in [0.717, 1.165) is 0 Å². The van der Waals surface area contributed by atoms with Crippen LogP contribution in [0.4, 0.5) is 4.39 Å². The SMILES string of the molecule is CCS(=O)(=O)CCC(CN)(C(=O)OC)c1ccc(F)cc1. The van der Waals surface area contributed by atoms with E-state index in [4.69, 9.17) is 10.5 Å². The molecule has 1 atom stereocenters. The van der Waals surface area contributed by atoms with Crippen LogP contribution in [0, 0.1) is 5.82 Å². The van der Waals surface area contributed by atoms with Crippen molar-refractivity contribution in [1.82, 2.24) is 0 Å². The van der Waals surface area contributed by atoms with Crippen LogP contribution in [0.2, 0.25) is 0 Å². The Hall–Kier alpha value is -1.47. The van der Waals surface area contributed by atoms with Crippen LogP contribution < -0.4 is 5.73 Å². The van der Waals surface area contributed by atoms with Crippen molar-refractivity contribution < 1.29 is 22.3 Å². The molecule has 0 aromatic heterocycles. The molecule has 0 aliphatic heterocycles. The largest absolute Gasteiger partial charge is 0.468 e. The number of carbonyl (C=O) groups is 1. The van der Waals surface area contributed by atoms with E-state index in [-0.39, 0.29) is 24.5 Å². The summed E-state index contributed by atoms with van der Waals surface area (Å²) >= 11 is 0. The van der Waals surface area contributed by atoms with Crippen LogP contribution in [-0.2, 0) is 24.8 Å². The highest BCUT2D eigenvalue weighted by Crippen LogP contribution is 2.29. The standard InChI is InChI=1S/C14H20FNO4S/c1-3-21(18,19)9-8-14(10-16,13(17)20-2)11-4-6-12(15)7-5-11/h4-7H,3,8-10,16H2,1-2H3. The molecule has 2 N–H and O–H groups in total. The molecule has 118 valence electrons. The van der Waals surface area contributed by atoms with Crippen molar-refractivity contribution in [2.75, 3.05) is 25.2 Å². The van der Waals surface area contributed by atoms with Crippen LogP contribution in [0.3, 0.4) is 0 Å². The molecule has 1 rings (SSSR count). The molecule has 0 heterocycles. The second-order valence-electron chi connectivity index (χ2n) is 4.77. The zero-order valence-corrected chi connectivity index (χ0v) is 13.0. The van der Waals surface area contributed by atoms with E-state index in [0.29, 0.717) is 5.56 Å². The molecular formula is C14H20FNO4S. The normalized spacial score (nSPS) is 14.5. The molecule has 0 aliphatic rings. The van der Waals surface area contributed by atoms with Crippen LogP contribution in [0.15, 0.2) is 24.3 Å². The minimum absolute atomic E-state index is 0.00200. The molecule has 21 heavy (non-hydrogen) atoms. The lowest BCUT2D eigenvalue weighted by atomic mass is 9.78. The third-order valence-electron chi connectivity index (χ3n) is 3.60. The van der Waals surface area contributed by atoms with Gasteiger partial charge >= 0.3 is 5.97 Å². The average molecular weight is 317 g/mol. The molecule has 7 heteroatoms. The molecule has 0 spiro atoms. The number of rotatable bonds is 7. The highest BCUT2D eigenvalue weighted by Gasteiger charge is 2.41. The summed E-state index contributed by atoms with van der Waals surface area (Å²) in [5.41, 5.74) is 4.90. The summed E-state index contributed by atoms with van der Waals surface area (Å²) in [5.74, 6) is -1.27. The number of hydrogen-bond acceptors (Lipinski definition) is 5. The first-order valence-corrected chi connectivity index (χ1v) is 8.38. The molecule has 0 fully saturated rings. The first kappa shape index (κ1) is 17.6. The fraction of sp³-hybridized carbons (Fsp3) is 0.500. The number of sulfone groups is 1. The van der Waals surface area contributed by atoms with Crippen LogP contribution in [0.5, 0.6) is 0 Å². The van der Waals surface area contributed by atoms with Gasteiger partial charge in [0.2, 0.25) is 0 Å². The molecule has 0 saturated heterocycles. The smallest absolute Gasteiger partial charge is 0.317 e. The molecule has 0 aliphatic carbocycles. The Morgan fingerprint density at radius 1 is 1.33 bits per heavy atom. The van der Waals surface area contributed by atoms with Crippen LogP contribution >= 0.6 is 0 Å². The molecule has 0 saturated carbocycles. The first-order valence-electron chi connectivity index (χ1n) is 6.56. The highest BCUT2D eigenvalue weighted by molar-refractivity contribution is 7.91. The number of methoxy groups -OCH3 is 1. The van der Waals surface area contributed by atoms with Gasteiger partial charge in [-0.2, -0.15) is 0 Å². The predicted molar refractivity (Wildman–Crippen MR) is 78.1 cm³/mol. The lowest BCUT2D eigenvalue weighted by Crippen LogP contribution is -2.45. The van der Waals surface area contributed by atoms with Crippen LogP contribution in [0.25, 0.3) is 0 Å². The van der Waals surface area contributed by atoms with Crippen LogP contribution in [0.1, 0.15) is 18.9 Å². The fourth-order valence-corrected chi connectivity index (χ4v) is 3.05. The molecule has 5 nitrogen and oxygen atoms in total. The number of esters is 1. The Kier molecular flexibility index (Phi) is 5.86. The Morgan fingerprint density at radius 3 is 2.33 bits per heavy atom. The van der Waals surface area contributed by atoms with E-state index in [1.165, 1.54) is 38.3 Å². The van der Waals surface area contributed by atoms with Gasteiger partial charge in [0, 0.05) is 12.3 Å². The zero-order valence-electron chi connectivity index (χ0n) is 12.1. The van der Waals surface area contributed by atoms with Crippen LogP contribution in [-0.4, -0.2) is 39.5 Å². The number of hydrogen-bond donors (Lipinski definition) is 1. The van der Waals surface area contributed by atoms with Gasteiger partial charge in [-0.25, -0.2) is 12.8 Å². The van der Waals surface area contributed by atoms with Crippen molar-refractivity contribution in [3.05, 3.63) is 35.6 Å². The minimum Gasteiger partial charge on any atom is -0.468 e. The molecule has 1 unspecified atom stereocenters. The highest BCUT2D eigenvalue weighted by atomic mass is 32.2. The van der Waals surface area contributed by atoms with E-state index in [1.807, 2.05) is 0 Å². The molecule has 1 aromatic rings. The molecule has 0 radical (unpaired) electrons. The summed E-state index contributed by atoms with van der Waals surface area (Å²) in [6.45, 7) is 1.42. The van der Waals surface area contributed by atoms with Crippen molar-refractivity contribution in [3.63, 3.8) is 0 Å². The topological polar surface area (TPSA) is 86.5 Å². The maximum atomic E-state index is 13.0. The maximum Gasteiger partial charge on any atom is 0.317 e. The summed E-state index contributed by atoms with van der Waals surface area (Å²) in [6.07, 6.45) is -0.00200. The van der Waals surface area contributed by atoms with Gasteiger partial charge in [0.25, 0.3) is 0 Å². The Balaban J connectivity index is 3.22. The number of halogens is 1. The van der Waals surface area contributed by atoms with Crippen molar-refractivity contribution in [2.24, 2.45) is 5.73 Å². The van der Waals surface area contributed by atoms with Gasteiger partial charge in [-0.1, -0.05) is 19.1 Å². The van der Waals surface area contributed by atoms with E-state index >= 15 is 0 Å². The Morgan fingerprint density at radius 2 is 1.90 bits per heavy atom. The predicted octanol–water partition coefficient (Wildman–Crippen LogP) is 1.02. The van der Waals surface area contributed by atoms with Gasteiger partial charge in [-0.3, -0.25) is 4.79 Å². The summed E-state index contributed by atoms with van der Waals surface area (Å²) in [5, 5.41) is 0. The van der Waals surface area contributed by atoms with E-state index < -0.39 is 27.0 Å². The average Bonchev–Trinajstić information content (AvgIpc) is 2.49. The van der Waals surface area contributed by atoms with Gasteiger partial charge < -0.3 is 10.5 Å². The van der Waals surface area contributed by atoms with Gasteiger partial charge in [0.1, 0.15) is 21.1 Å². The third kappa shape index (κ3) is 4.01. The lowest BCUT2D eigenvalue weighted by Gasteiger charge is -2.30. The van der Waals surface area contributed by atoms with E-state index in [2.05, 4.69) is 0 Å². The lowest BCUT2D eigenvalue weighted by molar-refractivity contribution is -0.147. The quantitative estimate of drug-likeness (QED) is 0.759. The van der Waals surface area contributed by atoms with Gasteiger partial charge in [-0.15, -0.1) is 0 Å². The second kappa shape index (κ2) is 7.00. The van der Waals surface area contributed by atoms with Gasteiger partial charge in [0.15, 0.2) is 0 Å². The molecule has 0 bridgehead atoms. The van der Waals surface area contributed by atoms with Crippen molar-refractivity contribution in [2.45, 2.75) is 18.8 Å². The number of nitrogens with two attached hydrogens (primary N) is 1. The van der Waals surface area contributed by atoms with Crippen molar-refractivity contribution in [3.8, 4) is 0 Å². The van der Waals surface area contributed by atoms with Gasteiger partial charge in [0.05, 0.1) is 12.9 Å². The summed E-state index contributed by atoms with van der Waals surface area (Å²) in [6, 6.07) is 5.27. The number of carbonyl (C=O) groups excluding carboxylic acids is 1. The Bertz CT molecular complexity index is 585. The van der Waals surface area contributed by atoms with E-state index in [9.17, 15) is 17.6 Å². The van der Waals surface area contributed by atoms with Crippen molar-refractivity contribution >= 4 is 15.8 Å². The maximum absolute atomic E-state index is 13.0.